The van der Waals surface area contributed by atoms with E-state index in [0.29, 0.717) is 24.3 Å². The summed E-state index contributed by atoms with van der Waals surface area (Å²) < 4.78 is 10.9. The molecular formula is C23H29NO4. The van der Waals surface area contributed by atoms with Gasteiger partial charge in [-0.15, -0.1) is 0 Å². The van der Waals surface area contributed by atoms with Crippen molar-refractivity contribution < 1.29 is 19.1 Å². The molecule has 1 aliphatic heterocycles. The molecule has 3 rings (SSSR count). The minimum Gasteiger partial charge on any atom is -0.494 e. The Bertz CT molecular complexity index is 820. The second-order valence-corrected chi connectivity index (χ2v) is 8.19. The van der Waals surface area contributed by atoms with Crippen LogP contribution in [-0.2, 0) is 14.3 Å². The van der Waals surface area contributed by atoms with Gasteiger partial charge in [-0.2, -0.15) is 0 Å². The summed E-state index contributed by atoms with van der Waals surface area (Å²) in [7, 11) is 0. The minimum absolute atomic E-state index is 0.0828. The molecule has 1 aromatic carbocycles. The summed E-state index contributed by atoms with van der Waals surface area (Å²) in [5, 5.41) is 3.26. The van der Waals surface area contributed by atoms with Gasteiger partial charge in [0.25, 0.3) is 0 Å². The molecule has 1 heterocycles. The number of benzene rings is 1. The van der Waals surface area contributed by atoms with Gasteiger partial charge in [0.1, 0.15) is 11.7 Å². The third-order valence-corrected chi connectivity index (χ3v) is 5.34. The van der Waals surface area contributed by atoms with Crippen molar-refractivity contribution in [3.05, 3.63) is 53.4 Å². The lowest BCUT2D eigenvalue weighted by molar-refractivity contribution is -0.147. The number of nitrogens with one attached hydrogen (secondary N) is 1. The predicted molar refractivity (Wildman–Crippen MR) is 108 cm³/mol. The van der Waals surface area contributed by atoms with Crippen molar-refractivity contribution in [1.82, 2.24) is 5.32 Å². The van der Waals surface area contributed by atoms with E-state index in [-0.39, 0.29) is 23.8 Å². The third kappa shape index (κ3) is 3.84. The molecule has 0 fully saturated rings. The lowest BCUT2D eigenvalue weighted by Gasteiger charge is -2.42. The first kappa shape index (κ1) is 20.2. The van der Waals surface area contributed by atoms with Crippen molar-refractivity contribution in [2.75, 3.05) is 13.2 Å². The van der Waals surface area contributed by atoms with Gasteiger partial charge in [-0.25, -0.2) is 0 Å². The predicted octanol–water partition coefficient (Wildman–Crippen LogP) is 4.11. The van der Waals surface area contributed by atoms with E-state index in [0.717, 1.165) is 23.4 Å². The van der Waals surface area contributed by atoms with E-state index in [2.05, 4.69) is 25.7 Å². The number of hydrogen-bond acceptors (Lipinski definition) is 5. The van der Waals surface area contributed by atoms with E-state index in [1.807, 2.05) is 31.2 Å². The molecule has 2 atom stereocenters. The smallest absolute Gasteiger partial charge is 0.315 e. The zero-order valence-electron chi connectivity index (χ0n) is 17.1. The van der Waals surface area contributed by atoms with Crippen molar-refractivity contribution in [2.24, 2.45) is 11.3 Å². The Morgan fingerprint density at radius 2 is 1.86 bits per heavy atom. The van der Waals surface area contributed by atoms with Gasteiger partial charge in [-0.3, -0.25) is 9.59 Å². The highest BCUT2D eigenvalue weighted by Crippen LogP contribution is 2.48. The molecule has 28 heavy (non-hydrogen) atoms. The van der Waals surface area contributed by atoms with E-state index in [4.69, 9.17) is 9.47 Å². The highest BCUT2D eigenvalue weighted by molar-refractivity contribution is 6.00. The van der Waals surface area contributed by atoms with Gasteiger partial charge in [0.15, 0.2) is 5.78 Å². The number of ketones is 1. The molecule has 0 saturated heterocycles. The lowest BCUT2D eigenvalue weighted by atomic mass is 9.66. The molecule has 5 nitrogen and oxygen atoms in total. The van der Waals surface area contributed by atoms with Gasteiger partial charge < -0.3 is 14.8 Å². The number of hydrogen-bond donors (Lipinski definition) is 1. The number of carbonyl (C=O) groups excluding carboxylic acids is 2. The van der Waals surface area contributed by atoms with Crippen LogP contribution in [0.3, 0.4) is 0 Å². The molecule has 1 aromatic rings. The largest absolute Gasteiger partial charge is 0.494 e. The van der Waals surface area contributed by atoms with Crippen LogP contribution in [0.5, 0.6) is 5.75 Å². The number of Topliss-reactive ketones (excluding diaryl/α,β-unsaturated/α-hetero) is 1. The summed E-state index contributed by atoms with van der Waals surface area (Å²) in [6.45, 7) is 12.9. The van der Waals surface area contributed by atoms with Gasteiger partial charge in [0.05, 0.1) is 13.2 Å². The van der Waals surface area contributed by atoms with Gasteiger partial charge >= 0.3 is 5.97 Å². The van der Waals surface area contributed by atoms with Crippen LogP contribution in [-0.4, -0.2) is 25.0 Å². The molecule has 1 aliphatic carbocycles. The number of esters is 1. The van der Waals surface area contributed by atoms with Gasteiger partial charge in [-0.1, -0.05) is 32.6 Å². The number of allylic oxidation sites excluding steroid dienone is 2. The van der Waals surface area contributed by atoms with Crippen LogP contribution in [0.2, 0.25) is 0 Å². The lowest BCUT2D eigenvalue weighted by Crippen LogP contribution is -2.43. The first-order valence-corrected chi connectivity index (χ1v) is 9.89. The summed E-state index contributed by atoms with van der Waals surface area (Å²) in [6, 6.07) is 7.61. The van der Waals surface area contributed by atoms with E-state index in [1.54, 1.807) is 6.92 Å². The zero-order valence-corrected chi connectivity index (χ0v) is 17.1. The molecule has 5 heteroatoms. The van der Waals surface area contributed by atoms with Crippen molar-refractivity contribution >= 4 is 11.8 Å². The maximum atomic E-state index is 13.1. The average molecular weight is 383 g/mol. The molecule has 0 aromatic heterocycles. The van der Waals surface area contributed by atoms with Crippen molar-refractivity contribution in [1.29, 1.82) is 0 Å². The van der Waals surface area contributed by atoms with Crippen molar-refractivity contribution in [3.63, 3.8) is 0 Å². The number of ether oxygens (including phenoxy) is 2. The molecular weight excluding hydrogens is 354 g/mol. The Balaban J connectivity index is 2.10. The molecule has 0 amide bonds. The summed E-state index contributed by atoms with van der Waals surface area (Å²) >= 11 is 0. The Kier molecular flexibility index (Phi) is 5.64. The van der Waals surface area contributed by atoms with Gasteiger partial charge in [0.2, 0.25) is 0 Å². The number of rotatable bonds is 5. The summed E-state index contributed by atoms with van der Waals surface area (Å²) in [5.41, 5.74) is 2.93. The second-order valence-electron chi connectivity index (χ2n) is 8.19. The Labute approximate surface area is 166 Å². The fourth-order valence-electron chi connectivity index (χ4n) is 4.25. The molecule has 0 saturated carbocycles. The average Bonchev–Trinajstić information content (AvgIpc) is 2.60. The molecule has 0 radical (unpaired) electrons. The van der Waals surface area contributed by atoms with Crippen LogP contribution in [0, 0.1) is 11.3 Å². The Morgan fingerprint density at radius 1 is 1.18 bits per heavy atom. The second kappa shape index (κ2) is 7.82. The maximum absolute atomic E-state index is 13.1. The SMILES string of the molecule is C=C1NC2=C(C(=O)CC(C)(C)C2)C(c2ccc(OCC)cc2)C1C(=O)OCC. The van der Waals surface area contributed by atoms with Crippen LogP contribution in [0.15, 0.2) is 47.8 Å². The first-order valence-electron chi connectivity index (χ1n) is 9.89. The monoisotopic (exact) mass is 383 g/mol. The standard InChI is InChI=1S/C23H29NO4/c1-6-27-16-10-8-15(9-11-16)20-19(22(26)28-7-2)14(3)24-17-12-23(4,5)13-18(25)21(17)20/h8-11,19-20,24H,3,6-7,12-13H2,1-2,4-5H3. The maximum Gasteiger partial charge on any atom is 0.315 e. The quantitative estimate of drug-likeness (QED) is 0.775. The summed E-state index contributed by atoms with van der Waals surface area (Å²) in [4.78, 5) is 25.9. The van der Waals surface area contributed by atoms with E-state index in [9.17, 15) is 9.59 Å². The fraction of sp³-hybridized carbons (Fsp3) is 0.478. The first-order chi connectivity index (χ1) is 13.3. The number of carbonyl (C=O) groups is 2. The molecule has 0 spiro atoms. The highest BCUT2D eigenvalue weighted by atomic mass is 16.5. The van der Waals surface area contributed by atoms with Crippen LogP contribution in [0.25, 0.3) is 0 Å². The summed E-state index contributed by atoms with van der Waals surface area (Å²) in [6.07, 6.45) is 1.21. The van der Waals surface area contributed by atoms with Crippen LogP contribution in [0.4, 0.5) is 0 Å². The third-order valence-electron chi connectivity index (χ3n) is 5.34. The van der Waals surface area contributed by atoms with Gasteiger partial charge in [-0.05, 0) is 43.4 Å². The van der Waals surface area contributed by atoms with Crippen molar-refractivity contribution in [2.45, 2.75) is 46.5 Å². The topological polar surface area (TPSA) is 64.6 Å². The minimum atomic E-state index is -0.637. The van der Waals surface area contributed by atoms with E-state index < -0.39 is 11.8 Å². The summed E-state index contributed by atoms with van der Waals surface area (Å²) in [5.74, 6) is -0.552. The molecule has 0 bridgehead atoms. The fourth-order valence-corrected chi connectivity index (χ4v) is 4.25. The Hall–Kier alpha value is -2.56. The van der Waals surface area contributed by atoms with E-state index >= 15 is 0 Å². The van der Waals surface area contributed by atoms with Crippen molar-refractivity contribution in [3.8, 4) is 5.75 Å². The molecule has 1 N–H and O–H groups in total. The molecule has 2 aliphatic rings. The highest BCUT2D eigenvalue weighted by Gasteiger charge is 2.46. The molecule has 2 unspecified atom stereocenters. The Morgan fingerprint density at radius 3 is 2.46 bits per heavy atom. The zero-order chi connectivity index (χ0) is 20.5. The van der Waals surface area contributed by atoms with Gasteiger partial charge in [0, 0.05) is 29.3 Å². The van der Waals surface area contributed by atoms with E-state index in [1.165, 1.54) is 0 Å². The van der Waals surface area contributed by atoms with Crippen LogP contribution < -0.4 is 10.1 Å². The van der Waals surface area contributed by atoms with Crippen LogP contribution >= 0.6 is 0 Å². The normalized spacial score (nSPS) is 23.7. The van der Waals surface area contributed by atoms with Crippen LogP contribution in [0.1, 0.15) is 52.0 Å². The molecule has 150 valence electrons.